The molecule has 0 radical (unpaired) electrons. The number of esters is 2. The van der Waals surface area contributed by atoms with E-state index >= 15 is 0 Å². The Morgan fingerprint density at radius 3 is 1.32 bits per heavy atom. The second-order valence-electron chi connectivity index (χ2n) is 24.3. The maximum absolute atomic E-state index is 14.3. The number of hydrogen-bond donors (Lipinski definition) is 3. The van der Waals surface area contributed by atoms with E-state index in [4.69, 9.17) is 74.2 Å². The summed E-state index contributed by atoms with van der Waals surface area (Å²) in [6, 6.07) is 32.3. The normalized spacial score (nSPS) is 23.5. The van der Waals surface area contributed by atoms with Crippen LogP contribution in [0.3, 0.4) is 0 Å². The molecule has 22 nitrogen and oxygen atoms in total. The van der Waals surface area contributed by atoms with E-state index in [1.807, 2.05) is 46.8 Å². The van der Waals surface area contributed by atoms with Crippen LogP contribution in [0.2, 0.25) is 0 Å². The largest absolute Gasteiger partial charge is 1.00 e. The number of nitrogens with zero attached hydrogens (tertiary/aromatic N) is 2. The van der Waals surface area contributed by atoms with Crippen molar-refractivity contribution in [2.24, 2.45) is 23.3 Å². The number of aliphatic hydroxyl groups excluding tert-OH is 1. The van der Waals surface area contributed by atoms with Crippen LogP contribution in [0.1, 0.15) is 132 Å². The highest BCUT2D eigenvalue weighted by Gasteiger charge is 2.59. The number of carbonyl (C=O) groups excluding carboxylic acids is 4. The molecule has 0 aliphatic carbocycles. The molecule has 2 amide bonds. The van der Waals surface area contributed by atoms with Crippen molar-refractivity contribution in [1.82, 2.24) is 0 Å². The summed E-state index contributed by atoms with van der Waals surface area (Å²) in [5.41, 5.74) is 20.1. The standard InChI is InChI=1S/C34H41N2O9P.C21H24N2O5.C13H18ClO4P.2ClH/c1-20(2)41-33(38)24(6)19-46(39,45-26-12-8-7-9-13-26)40-18-27-29-30(32(42-27)36-14-10-11-25(17-36)31(35)37)44-34(43-29)28-22(4)15-21(3)16-23(28)5;1-11-7-12(2)16(13(3)8-11)21-27-17-15(10-24)26-20(18(17)28-21)23-6-4-5-14(9-23)19(22)25;1-10(2)17-13(15)11(3)9-19(14,16)18-12-7-5-4-6-8-12;;/h7-17,20,24,27,29-30,32,34H,18-19H2,1-6H3,(H-,35,37);4-9,15,17-18,20-21,24H,10H2,1-3H3,(H-,22,25);4-8,10-11H,9H2,1-3H3;2*1H/t24-,27-,29-,30-,32-,34?,46?;15-,17-,18-,20-,21?;11-,19?;;/m111../s1. The molecule has 4 saturated heterocycles. The molecule has 0 spiro atoms. The van der Waals surface area contributed by atoms with Gasteiger partial charge in [0, 0.05) is 23.3 Å². The second-order valence-corrected chi connectivity index (χ2v) is 29.6. The van der Waals surface area contributed by atoms with Crippen LogP contribution in [0, 0.1) is 53.4 Å². The number of aryl methyl sites for hydroxylation is 6. The SMILES string of the molecule is CC(C)OC(=O)[C@H](C)CP(=O)(Cl)Oc1ccccc1.Cc1cc(C)c(C2O[C@@H]3[C@H](O2)[C@@H](CO)O[C@H]3[n+]2cccc(C(N)=O)c2)c(C)c1.Cc1cc(C)c(C2O[C@@H]3[C@H](O2)[C@@H](COP(=O)(C[C@@H](C)C(=O)OC(C)C)Oc2ccccc2)O[C@H]3[n+]2cccc(C(N)=O)c2)c(C)c1.[Cl-].[Cl-]. The summed E-state index contributed by atoms with van der Waals surface area (Å²) in [6.45, 7) is 18.7. The number of aromatic nitrogens is 2. The zero-order valence-electron chi connectivity index (χ0n) is 55.1. The Bertz CT molecular complexity index is 3660. The van der Waals surface area contributed by atoms with Crippen LogP contribution in [0.25, 0.3) is 0 Å². The van der Waals surface area contributed by atoms with Crippen molar-refractivity contribution < 1.29 is 119 Å². The van der Waals surface area contributed by atoms with E-state index in [0.717, 1.165) is 38.9 Å². The first-order valence-electron chi connectivity index (χ1n) is 30.7. The molecule has 5 N–H and O–H groups in total. The average Bonchev–Trinajstić information content (AvgIpc) is 1.61. The van der Waals surface area contributed by atoms with Crippen molar-refractivity contribution in [2.75, 3.05) is 25.5 Å². The molecular weight excluding hydrogens is 1330 g/mol. The monoisotopic (exact) mass is 1410 g/mol. The molecule has 2 aromatic heterocycles. The Morgan fingerprint density at radius 2 is 0.916 bits per heavy atom. The molecular formula is C68H85Cl3N4O18P2. The molecule has 516 valence electrons. The van der Waals surface area contributed by atoms with E-state index < -0.39 is 112 Å². The lowest BCUT2D eigenvalue weighted by molar-refractivity contribution is -0.766. The molecule has 6 aromatic rings. The van der Waals surface area contributed by atoms with Gasteiger partial charge in [-0.05, 0) is 139 Å². The predicted octanol–water partition coefficient (Wildman–Crippen LogP) is 4.72. The maximum Gasteiger partial charge on any atom is 0.380 e. The minimum atomic E-state index is -3.94. The lowest BCUT2D eigenvalue weighted by Crippen LogP contribution is -3.00. The van der Waals surface area contributed by atoms with E-state index in [0.29, 0.717) is 22.6 Å². The van der Waals surface area contributed by atoms with Crippen molar-refractivity contribution in [3.8, 4) is 11.5 Å². The van der Waals surface area contributed by atoms with Crippen molar-refractivity contribution in [1.29, 1.82) is 0 Å². The molecule has 4 aliphatic heterocycles. The average molecular weight is 1410 g/mol. The molecule has 0 saturated carbocycles. The fourth-order valence-corrected chi connectivity index (χ4v) is 15.6. The Morgan fingerprint density at radius 1 is 0.537 bits per heavy atom. The molecule has 4 unspecified atom stereocenters. The number of aliphatic hydroxyl groups is 1. The summed E-state index contributed by atoms with van der Waals surface area (Å²) in [6.07, 6.45) is 0.135. The number of halogens is 3. The highest BCUT2D eigenvalue weighted by atomic mass is 35.7. The van der Waals surface area contributed by atoms with Gasteiger partial charge in [0.15, 0.2) is 49.6 Å². The van der Waals surface area contributed by atoms with E-state index in [9.17, 15) is 33.4 Å². The quantitative estimate of drug-likeness (QED) is 0.0471. The highest BCUT2D eigenvalue weighted by molar-refractivity contribution is 7.85. The Labute approximate surface area is 572 Å². The Hall–Kier alpha value is -6.33. The zero-order valence-corrected chi connectivity index (χ0v) is 59.1. The van der Waals surface area contributed by atoms with Gasteiger partial charge >= 0.3 is 26.3 Å². The minimum absolute atomic E-state index is 0. The summed E-state index contributed by atoms with van der Waals surface area (Å²) >= 11 is 5.87. The summed E-state index contributed by atoms with van der Waals surface area (Å²) in [5, 5.41) is 9.78. The van der Waals surface area contributed by atoms with Gasteiger partial charge < -0.3 is 88.3 Å². The van der Waals surface area contributed by atoms with Gasteiger partial charge in [0.25, 0.3) is 24.3 Å². The zero-order chi connectivity index (χ0) is 67.6. The van der Waals surface area contributed by atoms with Gasteiger partial charge in [-0.3, -0.25) is 28.3 Å². The Balaban J connectivity index is 0.000000248. The maximum atomic E-state index is 14.3. The van der Waals surface area contributed by atoms with Crippen molar-refractivity contribution in [3.63, 3.8) is 0 Å². The third kappa shape index (κ3) is 20.4. The number of hydrogen-bond acceptors (Lipinski definition) is 18. The summed E-state index contributed by atoms with van der Waals surface area (Å²) in [7, 11) is -3.94. The van der Waals surface area contributed by atoms with E-state index in [1.54, 1.807) is 148 Å². The molecule has 6 heterocycles. The van der Waals surface area contributed by atoms with Gasteiger partial charge in [-0.15, -0.1) is 0 Å². The molecule has 14 atom stereocenters. The first-order chi connectivity index (χ1) is 44.0. The van der Waals surface area contributed by atoms with Gasteiger partial charge in [0.2, 0.25) is 0 Å². The number of nitrogens with two attached hydrogens (primary N) is 2. The lowest BCUT2D eigenvalue weighted by Gasteiger charge is -2.25. The summed E-state index contributed by atoms with van der Waals surface area (Å²) in [4.78, 5) is 47.8. The smallest absolute Gasteiger partial charge is 0.380 e. The first kappa shape index (κ1) is 77.7. The van der Waals surface area contributed by atoms with Gasteiger partial charge in [-0.2, -0.15) is 9.13 Å². The third-order valence-electron chi connectivity index (χ3n) is 15.5. The molecule has 10 rings (SSSR count). The van der Waals surface area contributed by atoms with Crippen LogP contribution in [0.4, 0.5) is 0 Å². The summed E-state index contributed by atoms with van der Waals surface area (Å²) < 4.78 is 95.4. The predicted molar refractivity (Wildman–Crippen MR) is 343 cm³/mol. The molecule has 95 heavy (non-hydrogen) atoms. The minimum Gasteiger partial charge on any atom is -1.00 e. The number of ether oxygens (including phenoxy) is 8. The third-order valence-corrected chi connectivity index (χ3v) is 19.6. The topological polar surface area (TPSA) is 284 Å². The number of benzene rings is 4. The van der Waals surface area contributed by atoms with Crippen LogP contribution in [-0.4, -0.2) is 103 Å². The second kappa shape index (κ2) is 34.2. The van der Waals surface area contributed by atoms with Crippen LogP contribution in [0.5, 0.6) is 11.5 Å². The number of amides is 2. The van der Waals surface area contributed by atoms with Gasteiger partial charge in [-0.25, -0.2) is 4.57 Å². The number of primary amides is 2. The Kier molecular flexibility index (Phi) is 28.0. The first-order valence-corrected chi connectivity index (χ1v) is 35.2. The van der Waals surface area contributed by atoms with Gasteiger partial charge in [-0.1, -0.05) is 85.6 Å². The van der Waals surface area contributed by atoms with Crippen molar-refractivity contribution >= 4 is 49.3 Å². The highest BCUT2D eigenvalue weighted by Crippen LogP contribution is 2.54. The molecule has 4 aromatic carbocycles. The number of pyridine rings is 2. The lowest BCUT2D eigenvalue weighted by atomic mass is 9.99. The van der Waals surface area contributed by atoms with E-state index in [2.05, 4.69) is 31.2 Å². The van der Waals surface area contributed by atoms with Crippen LogP contribution < -0.4 is 54.5 Å². The molecule has 0 bridgehead atoms. The van der Waals surface area contributed by atoms with Crippen LogP contribution in [-0.2, 0) is 61.1 Å². The van der Waals surface area contributed by atoms with Crippen molar-refractivity contribution in [2.45, 2.75) is 157 Å². The number of para-hydroxylation sites is 2. The summed E-state index contributed by atoms with van der Waals surface area (Å²) in [5.74, 6) is -2.61. The fourth-order valence-electron chi connectivity index (χ4n) is 11.6. The number of fused-ring (bicyclic) bond motifs is 2. The van der Waals surface area contributed by atoms with Crippen LogP contribution in [0.15, 0.2) is 134 Å². The fraction of sp³-hybridized carbons (Fsp3) is 0.441. The molecule has 4 fully saturated rings. The van der Waals surface area contributed by atoms with Crippen LogP contribution >= 0.6 is 25.6 Å². The van der Waals surface area contributed by atoms with Gasteiger partial charge in [0.1, 0.15) is 47.0 Å². The molecule has 27 heteroatoms. The number of rotatable bonds is 22. The number of carbonyl (C=O) groups is 4. The molecule has 4 aliphatic rings. The van der Waals surface area contributed by atoms with Crippen molar-refractivity contribution in [3.05, 3.63) is 190 Å². The van der Waals surface area contributed by atoms with E-state index in [1.165, 1.54) is 5.56 Å². The van der Waals surface area contributed by atoms with E-state index in [-0.39, 0.29) is 62.6 Å². The van der Waals surface area contributed by atoms with Gasteiger partial charge in [0.05, 0.1) is 49.6 Å².